The van der Waals surface area contributed by atoms with Crippen LogP contribution in [-0.2, 0) is 0 Å². The van der Waals surface area contributed by atoms with Crippen LogP contribution >= 0.6 is 0 Å². The minimum absolute atomic E-state index is 0.0179. The van der Waals surface area contributed by atoms with Gasteiger partial charge in [-0.25, -0.2) is 0 Å². The van der Waals surface area contributed by atoms with Gasteiger partial charge in [0.25, 0.3) is 0 Å². The fourth-order valence-electron chi connectivity index (χ4n) is 1.81. The lowest BCUT2D eigenvalue weighted by atomic mass is 9.97. The van der Waals surface area contributed by atoms with Crippen molar-refractivity contribution in [2.75, 3.05) is 0 Å². The molecule has 1 nitrogen and oxygen atoms in total. The molecule has 1 rings (SSSR count). The van der Waals surface area contributed by atoms with Crippen molar-refractivity contribution in [1.29, 1.82) is 0 Å². The third kappa shape index (κ3) is 3.57. The molecule has 72 valence electrons. The van der Waals surface area contributed by atoms with Gasteiger partial charge in [0.1, 0.15) is 0 Å². The molecule has 1 aliphatic carbocycles. The maximum Gasteiger partial charge on any atom is 0.0568 e. The average molecular weight is 170 g/mol. The van der Waals surface area contributed by atoms with E-state index in [0.29, 0.717) is 5.92 Å². The predicted octanol–water partition coefficient (Wildman–Crippen LogP) is 2.97. The Bertz CT molecular complexity index is 118. The molecular weight excluding hydrogens is 148 g/mol. The SMILES string of the molecule is CCCC(C)CCC(O)C1CC1. The van der Waals surface area contributed by atoms with Gasteiger partial charge in [-0.15, -0.1) is 0 Å². The van der Waals surface area contributed by atoms with Crippen molar-refractivity contribution in [3.63, 3.8) is 0 Å². The van der Waals surface area contributed by atoms with Gasteiger partial charge in [-0.1, -0.05) is 26.7 Å². The van der Waals surface area contributed by atoms with Crippen LogP contribution in [0.15, 0.2) is 0 Å². The maximum atomic E-state index is 9.61. The molecule has 0 spiro atoms. The van der Waals surface area contributed by atoms with E-state index in [2.05, 4.69) is 13.8 Å². The Labute approximate surface area is 76.2 Å². The molecule has 0 bridgehead atoms. The summed E-state index contributed by atoms with van der Waals surface area (Å²) in [5, 5.41) is 9.61. The van der Waals surface area contributed by atoms with Crippen molar-refractivity contribution in [2.45, 2.75) is 58.5 Å². The van der Waals surface area contributed by atoms with Crippen molar-refractivity contribution in [1.82, 2.24) is 0 Å². The second-order valence-corrected chi connectivity index (χ2v) is 4.38. The minimum Gasteiger partial charge on any atom is -0.393 e. The van der Waals surface area contributed by atoms with E-state index in [-0.39, 0.29) is 6.10 Å². The lowest BCUT2D eigenvalue weighted by Gasteiger charge is -2.13. The van der Waals surface area contributed by atoms with Gasteiger partial charge in [-0.3, -0.25) is 0 Å². The Morgan fingerprint density at radius 2 is 1.92 bits per heavy atom. The van der Waals surface area contributed by atoms with Gasteiger partial charge >= 0.3 is 0 Å². The van der Waals surface area contributed by atoms with Crippen LogP contribution in [0.2, 0.25) is 0 Å². The molecule has 2 atom stereocenters. The van der Waals surface area contributed by atoms with E-state index in [1.165, 1.54) is 32.1 Å². The first kappa shape index (κ1) is 10.0. The van der Waals surface area contributed by atoms with E-state index in [1.54, 1.807) is 0 Å². The second-order valence-electron chi connectivity index (χ2n) is 4.38. The van der Waals surface area contributed by atoms with Gasteiger partial charge in [0.05, 0.1) is 6.10 Å². The number of rotatable bonds is 6. The van der Waals surface area contributed by atoms with Gasteiger partial charge < -0.3 is 5.11 Å². The summed E-state index contributed by atoms with van der Waals surface area (Å²) in [6.07, 6.45) is 7.39. The van der Waals surface area contributed by atoms with Gasteiger partial charge in [-0.2, -0.15) is 0 Å². The third-order valence-corrected chi connectivity index (χ3v) is 2.90. The molecular formula is C11H22O. The summed E-state index contributed by atoms with van der Waals surface area (Å²) in [5.74, 6) is 1.47. The molecule has 0 aromatic heterocycles. The van der Waals surface area contributed by atoms with Gasteiger partial charge in [0, 0.05) is 0 Å². The molecule has 0 heterocycles. The molecule has 1 aliphatic rings. The first-order chi connectivity index (χ1) is 5.74. The van der Waals surface area contributed by atoms with E-state index < -0.39 is 0 Å². The zero-order chi connectivity index (χ0) is 8.97. The zero-order valence-electron chi connectivity index (χ0n) is 8.42. The lowest BCUT2D eigenvalue weighted by molar-refractivity contribution is 0.132. The fourth-order valence-corrected chi connectivity index (χ4v) is 1.81. The quantitative estimate of drug-likeness (QED) is 0.649. The minimum atomic E-state index is 0.0179. The Morgan fingerprint density at radius 3 is 2.42 bits per heavy atom. The topological polar surface area (TPSA) is 20.2 Å². The Hall–Kier alpha value is -0.0400. The summed E-state index contributed by atoms with van der Waals surface area (Å²) < 4.78 is 0. The summed E-state index contributed by atoms with van der Waals surface area (Å²) in [4.78, 5) is 0. The molecule has 1 fully saturated rings. The highest BCUT2D eigenvalue weighted by molar-refractivity contribution is 4.80. The highest BCUT2D eigenvalue weighted by atomic mass is 16.3. The molecule has 0 radical (unpaired) electrons. The number of aliphatic hydroxyl groups is 1. The summed E-state index contributed by atoms with van der Waals surface area (Å²) in [6.45, 7) is 4.52. The van der Waals surface area contributed by atoms with Crippen LogP contribution in [0.25, 0.3) is 0 Å². The monoisotopic (exact) mass is 170 g/mol. The lowest BCUT2D eigenvalue weighted by Crippen LogP contribution is -2.10. The molecule has 1 saturated carbocycles. The Balaban J connectivity index is 1.99. The highest BCUT2D eigenvalue weighted by Crippen LogP contribution is 2.35. The van der Waals surface area contributed by atoms with E-state index in [0.717, 1.165) is 12.3 Å². The van der Waals surface area contributed by atoms with Crippen LogP contribution in [0, 0.1) is 11.8 Å². The molecule has 12 heavy (non-hydrogen) atoms. The second kappa shape index (κ2) is 4.86. The van der Waals surface area contributed by atoms with Crippen LogP contribution in [0.3, 0.4) is 0 Å². The summed E-state index contributed by atoms with van der Waals surface area (Å²) >= 11 is 0. The summed E-state index contributed by atoms with van der Waals surface area (Å²) in [5.41, 5.74) is 0. The summed E-state index contributed by atoms with van der Waals surface area (Å²) in [6, 6.07) is 0. The largest absolute Gasteiger partial charge is 0.393 e. The van der Waals surface area contributed by atoms with Crippen LogP contribution in [0.1, 0.15) is 52.4 Å². The molecule has 0 saturated heterocycles. The van der Waals surface area contributed by atoms with Crippen molar-refractivity contribution < 1.29 is 5.11 Å². The summed E-state index contributed by atoms with van der Waals surface area (Å²) in [7, 11) is 0. The first-order valence-corrected chi connectivity index (χ1v) is 5.42. The molecule has 0 amide bonds. The molecule has 0 aliphatic heterocycles. The first-order valence-electron chi connectivity index (χ1n) is 5.42. The van der Waals surface area contributed by atoms with Crippen LogP contribution in [0.5, 0.6) is 0 Å². The Morgan fingerprint density at radius 1 is 1.25 bits per heavy atom. The van der Waals surface area contributed by atoms with Crippen molar-refractivity contribution >= 4 is 0 Å². The average Bonchev–Trinajstić information content (AvgIpc) is 2.83. The van der Waals surface area contributed by atoms with Gasteiger partial charge in [0.2, 0.25) is 0 Å². The van der Waals surface area contributed by atoms with Crippen molar-refractivity contribution in [2.24, 2.45) is 11.8 Å². The molecule has 1 heteroatoms. The number of hydrogen-bond donors (Lipinski definition) is 1. The highest BCUT2D eigenvalue weighted by Gasteiger charge is 2.29. The van der Waals surface area contributed by atoms with Crippen molar-refractivity contribution in [3.8, 4) is 0 Å². The predicted molar refractivity (Wildman–Crippen MR) is 52.0 cm³/mol. The smallest absolute Gasteiger partial charge is 0.0568 e. The maximum absolute atomic E-state index is 9.61. The Kier molecular flexibility index (Phi) is 4.07. The standard InChI is InChI=1S/C11H22O/c1-3-4-9(2)5-8-11(12)10-6-7-10/h9-12H,3-8H2,1-2H3. The zero-order valence-corrected chi connectivity index (χ0v) is 8.42. The molecule has 2 unspecified atom stereocenters. The number of hydrogen-bond acceptors (Lipinski definition) is 1. The van der Waals surface area contributed by atoms with E-state index in [4.69, 9.17) is 0 Å². The molecule has 1 N–H and O–H groups in total. The van der Waals surface area contributed by atoms with E-state index in [9.17, 15) is 5.11 Å². The van der Waals surface area contributed by atoms with Gasteiger partial charge in [0.15, 0.2) is 0 Å². The molecule has 0 aromatic carbocycles. The van der Waals surface area contributed by atoms with Crippen molar-refractivity contribution in [3.05, 3.63) is 0 Å². The van der Waals surface area contributed by atoms with Crippen LogP contribution in [0.4, 0.5) is 0 Å². The van der Waals surface area contributed by atoms with E-state index in [1.807, 2.05) is 0 Å². The third-order valence-electron chi connectivity index (χ3n) is 2.90. The van der Waals surface area contributed by atoms with E-state index >= 15 is 0 Å². The van der Waals surface area contributed by atoms with Crippen LogP contribution < -0.4 is 0 Å². The van der Waals surface area contributed by atoms with Gasteiger partial charge in [-0.05, 0) is 37.5 Å². The normalized spacial score (nSPS) is 22.2. The molecule has 0 aromatic rings. The number of aliphatic hydroxyl groups excluding tert-OH is 1. The van der Waals surface area contributed by atoms with Crippen LogP contribution in [-0.4, -0.2) is 11.2 Å². The fraction of sp³-hybridized carbons (Fsp3) is 1.00.